The van der Waals surface area contributed by atoms with Crippen molar-refractivity contribution in [2.24, 2.45) is 12.2 Å². The van der Waals surface area contributed by atoms with E-state index >= 15 is 0 Å². The lowest BCUT2D eigenvalue weighted by Gasteiger charge is -1.98. The lowest BCUT2D eigenvalue weighted by Crippen LogP contribution is -2.35. The summed E-state index contributed by atoms with van der Waals surface area (Å²) in [6.07, 6.45) is 1.35. The summed E-state index contributed by atoms with van der Waals surface area (Å²) >= 11 is 0. The normalized spacial score (nSPS) is 10.5. The van der Waals surface area contributed by atoms with E-state index in [1.165, 1.54) is 6.21 Å². The predicted octanol–water partition coefficient (Wildman–Crippen LogP) is 0.328. The Morgan fingerprint density at radius 3 is 2.92 bits per heavy atom. The zero-order valence-electron chi connectivity index (χ0n) is 7.06. The molecular weight excluding hydrogens is 156 g/mol. The molecule has 0 fully saturated rings. The third kappa shape index (κ3) is 1.53. The highest BCUT2D eigenvalue weighted by molar-refractivity contribution is 5.74. The van der Waals surface area contributed by atoms with Crippen LogP contribution in [0.5, 0.6) is 5.88 Å². The molecule has 4 heteroatoms. The number of methoxy groups -OCH3 is 1. The fraction of sp³-hybridized carbons (Fsp3) is 0.250. The van der Waals surface area contributed by atoms with Crippen molar-refractivity contribution in [2.75, 3.05) is 7.11 Å². The van der Waals surface area contributed by atoms with Gasteiger partial charge in [0.25, 0.3) is 0 Å². The molecule has 1 aromatic heterocycles. The molecule has 0 aromatic carbocycles. The van der Waals surface area contributed by atoms with Crippen molar-refractivity contribution in [2.45, 2.75) is 0 Å². The van der Waals surface area contributed by atoms with Gasteiger partial charge in [-0.1, -0.05) is 5.16 Å². The van der Waals surface area contributed by atoms with Gasteiger partial charge in [-0.15, -0.1) is 0 Å². The van der Waals surface area contributed by atoms with Crippen LogP contribution in [0.3, 0.4) is 0 Å². The molecule has 0 saturated heterocycles. The number of nitrogens with zero attached hydrogens (tertiary/aromatic N) is 2. The van der Waals surface area contributed by atoms with Gasteiger partial charge in [0.15, 0.2) is 0 Å². The van der Waals surface area contributed by atoms with Gasteiger partial charge in [0.1, 0.15) is 13.3 Å². The molecule has 0 aliphatic carbocycles. The van der Waals surface area contributed by atoms with Gasteiger partial charge in [-0.05, 0) is 6.07 Å². The first-order chi connectivity index (χ1) is 5.79. The largest absolute Gasteiger partial charge is 0.448 e. The van der Waals surface area contributed by atoms with Crippen LogP contribution in [0.4, 0.5) is 0 Å². The van der Waals surface area contributed by atoms with E-state index in [1.54, 1.807) is 11.7 Å². The van der Waals surface area contributed by atoms with Crippen LogP contribution in [0.2, 0.25) is 0 Å². The third-order valence-corrected chi connectivity index (χ3v) is 1.62. The standard InChI is InChI=1S/C8H10N2O2/c1-10-7(6-9-11)4-3-5-8(10)12-2/h3-6H,1-2H3/p+1. The molecule has 1 aromatic rings. The van der Waals surface area contributed by atoms with Gasteiger partial charge in [-0.2, -0.15) is 4.57 Å². The van der Waals surface area contributed by atoms with Crippen molar-refractivity contribution in [3.8, 4) is 5.88 Å². The van der Waals surface area contributed by atoms with Crippen molar-refractivity contribution < 1.29 is 14.5 Å². The molecule has 1 heterocycles. The Bertz CT molecular complexity index is 297. The molecule has 64 valence electrons. The molecule has 12 heavy (non-hydrogen) atoms. The van der Waals surface area contributed by atoms with E-state index in [0.29, 0.717) is 5.88 Å². The molecule has 0 saturated carbocycles. The first kappa shape index (κ1) is 8.52. The fourth-order valence-electron chi connectivity index (χ4n) is 0.974. The molecule has 0 unspecified atom stereocenters. The summed E-state index contributed by atoms with van der Waals surface area (Å²) in [5.41, 5.74) is 0.775. The SMILES string of the molecule is COc1cccc(/C=N\O)[n+]1C. The second kappa shape index (κ2) is 3.71. The van der Waals surface area contributed by atoms with E-state index in [2.05, 4.69) is 5.16 Å². The van der Waals surface area contributed by atoms with Crippen LogP contribution in [-0.4, -0.2) is 18.5 Å². The van der Waals surface area contributed by atoms with E-state index < -0.39 is 0 Å². The maximum atomic E-state index is 8.32. The summed E-state index contributed by atoms with van der Waals surface area (Å²) in [5.74, 6) is 0.715. The minimum atomic E-state index is 0.715. The highest BCUT2D eigenvalue weighted by Gasteiger charge is 2.09. The summed E-state index contributed by atoms with van der Waals surface area (Å²) in [6, 6.07) is 5.48. The van der Waals surface area contributed by atoms with Crippen molar-refractivity contribution in [1.82, 2.24) is 0 Å². The van der Waals surface area contributed by atoms with Gasteiger partial charge in [0, 0.05) is 6.07 Å². The van der Waals surface area contributed by atoms with Gasteiger partial charge in [0.2, 0.25) is 5.69 Å². The molecule has 0 amide bonds. The van der Waals surface area contributed by atoms with Gasteiger partial charge in [-0.3, -0.25) is 0 Å². The Hall–Kier alpha value is -1.58. The van der Waals surface area contributed by atoms with Crippen molar-refractivity contribution in [3.63, 3.8) is 0 Å². The molecule has 1 rings (SSSR count). The quantitative estimate of drug-likeness (QED) is 0.298. The second-order valence-corrected chi connectivity index (χ2v) is 2.30. The van der Waals surface area contributed by atoms with E-state index in [0.717, 1.165) is 5.69 Å². The molecule has 0 atom stereocenters. The summed E-state index contributed by atoms with van der Waals surface area (Å²) in [6.45, 7) is 0. The first-order valence-corrected chi connectivity index (χ1v) is 3.50. The molecule has 0 spiro atoms. The summed E-state index contributed by atoms with van der Waals surface area (Å²) in [5, 5.41) is 11.3. The number of hydrogen-bond donors (Lipinski definition) is 1. The van der Waals surface area contributed by atoms with Crippen LogP contribution >= 0.6 is 0 Å². The van der Waals surface area contributed by atoms with Crippen molar-refractivity contribution >= 4 is 6.21 Å². The van der Waals surface area contributed by atoms with Crippen LogP contribution in [-0.2, 0) is 7.05 Å². The van der Waals surface area contributed by atoms with Gasteiger partial charge in [0.05, 0.1) is 13.2 Å². The number of oxime groups is 1. The topological polar surface area (TPSA) is 45.7 Å². The number of ether oxygens (including phenoxy) is 1. The van der Waals surface area contributed by atoms with Crippen LogP contribution in [0.25, 0.3) is 0 Å². The number of pyridine rings is 1. The summed E-state index contributed by atoms with van der Waals surface area (Å²) < 4.78 is 6.83. The van der Waals surface area contributed by atoms with Crippen LogP contribution in [0.15, 0.2) is 23.4 Å². The van der Waals surface area contributed by atoms with E-state index in [-0.39, 0.29) is 0 Å². The zero-order chi connectivity index (χ0) is 8.97. The Morgan fingerprint density at radius 2 is 2.33 bits per heavy atom. The van der Waals surface area contributed by atoms with Crippen LogP contribution in [0.1, 0.15) is 5.69 Å². The van der Waals surface area contributed by atoms with Gasteiger partial charge < -0.3 is 9.94 Å². The monoisotopic (exact) mass is 167 g/mol. The molecule has 0 aliphatic heterocycles. The molecule has 4 nitrogen and oxygen atoms in total. The molecule has 1 N–H and O–H groups in total. The Morgan fingerprint density at radius 1 is 1.58 bits per heavy atom. The number of rotatable bonds is 2. The van der Waals surface area contributed by atoms with E-state index in [4.69, 9.17) is 9.94 Å². The molecule has 0 radical (unpaired) electrons. The smallest absolute Gasteiger partial charge is 0.367 e. The average Bonchev–Trinajstić information content (AvgIpc) is 2.09. The van der Waals surface area contributed by atoms with Crippen LogP contribution < -0.4 is 9.30 Å². The maximum absolute atomic E-state index is 8.32. The predicted molar refractivity (Wildman–Crippen MR) is 43.6 cm³/mol. The van der Waals surface area contributed by atoms with Gasteiger partial charge >= 0.3 is 5.88 Å². The summed E-state index contributed by atoms with van der Waals surface area (Å²) in [7, 11) is 3.42. The first-order valence-electron chi connectivity index (χ1n) is 3.50. The van der Waals surface area contributed by atoms with Crippen molar-refractivity contribution in [3.05, 3.63) is 23.9 Å². The van der Waals surface area contributed by atoms with Crippen molar-refractivity contribution in [1.29, 1.82) is 0 Å². The molecular formula is C8H11N2O2+. The van der Waals surface area contributed by atoms with Gasteiger partial charge in [-0.25, -0.2) is 0 Å². The lowest BCUT2D eigenvalue weighted by molar-refractivity contribution is -0.677. The minimum Gasteiger partial charge on any atom is -0.448 e. The minimum absolute atomic E-state index is 0.715. The average molecular weight is 167 g/mol. The Labute approximate surface area is 70.7 Å². The van der Waals surface area contributed by atoms with E-state index in [9.17, 15) is 0 Å². The number of aromatic nitrogens is 1. The maximum Gasteiger partial charge on any atom is 0.367 e. The third-order valence-electron chi connectivity index (χ3n) is 1.62. The highest BCUT2D eigenvalue weighted by Crippen LogP contribution is 2.01. The Balaban J connectivity index is 3.13. The van der Waals surface area contributed by atoms with E-state index in [1.807, 2.05) is 25.2 Å². The fourth-order valence-corrected chi connectivity index (χ4v) is 0.974. The zero-order valence-corrected chi connectivity index (χ0v) is 7.06. The molecule has 0 bridgehead atoms. The van der Waals surface area contributed by atoms with Crippen LogP contribution in [0, 0.1) is 0 Å². The number of hydrogen-bond acceptors (Lipinski definition) is 3. The highest BCUT2D eigenvalue weighted by atomic mass is 16.5. The Kier molecular flexibility index (Phi) is 2.63. The molecule has 0 aliphatic rings. The summed E-state index contributed by atoms with van der Waals surface area (Å²) in [4.78, 5) is 0. The lowest BCUT2D eigenvalue weighted by atomic mass is 10.3. The second-order valence-electron chi connectivity index (χ2n) is 2.30.